The number of rotatable bonds is 4. The summed E-state index contributed by atoms with van der Waals surface area (Å²) in [7, 11) is 0. The Hall–Kier alpha value is -1.53. The van der Waals surface area contributed by atoms with Crippen molar-refractivity contribution in [2.75, 3.05) is 18.5 Å². The molecule has 3 rings (SSSR count). The van der Waals surface area contributed by atoms with E-state index < -0.39 is 0 Å². The van der Waals surface area contributed by atoms with Gasteiger partial charge in [-0.1, -0.05) is 0 Å². The van der Waals surface area contributed by atoms with Crippen LogP contribution in [0.25, 0.3) is 0 Å². The number of anilines is 1. The maximum Gasteiger partial charge on any atom is 0.129 e. The van der Waals surface area contributed by atoms with Gasteiger partial charge >= 0.3 is 0 Å². The lowest BCUT2D eigenvalue weighted by atomic mass is 10.1. The lowest BCUT2D eigenvalue weighted by molar-refractivity contribution is 0.193. The summed E-state index contributed by atoms with van der Waals surface area (Å²) in [6.45, 7) is 6.44. The summed E-state index contributed by atoms with van der Waals surface area (Å²) in [5.41, 5.74) is 2.17. The van der Waals surface area contributed by atoms with Crippen LogP contribution >= 0.6 is 11.3 Å². The van der Waals surface area contributed by atoms with Gasteiger partial charge in [0.05, 0.1) is 24.5 Å². The van der Waals surface area contributed by atoms with Crippen LogP contribution in [0.5, 0.6) is 0 Å². The molecule has 0 aliphatic carbocycles. The van der Waals surface area contributed by atoms with Crippen LogP contribution in [0.4, 0.5) is 5.82 Å². The molecule has 0 amide bonds. The number of ether oxygens (including phenoxy) is 1. The number of aryl methyl sites for hydroxylation is 2. The van der Waals surface area contributed by atoms with Crippen LogP contribution in [0, 0.1) is 13.8 Å². The highest BCUT2D eigenvalue weighted by atomic mass is 32.1. The predicted octanol–water partition coefficient (Wildman–Crippen LogP) is 2.67. The van der Waals surface area contributed by atoms with Crippen molar-refractivity contribution in [2.45, 2.75) is 32.7 Å². The fourth-order valence-electron chi connectivity index (χ4n) is 2.24. The molecule has 0 bridgehead atoms. The van der Waals surface area contributed by atoms with Crippen LogP contribution in [-0.2, 0) is 11.3 Å². The molecule has 1 aliphatic heterocycles. The van der Waals surface area contributed by atoms with Crippen molar-refractivity contribution < 1.29 is 4.74 Å². The Balaban J connectivity index is 1.66. The highest BCUT2D eigenvalue weighted by Crippen LogP contribution is 2.24. The van der Waals surface area contributed by atoms with E-state index in [1.54, 1.807) is 17.7 Å². The summed E-state index contributed by atoms with van der Waals surface area (Å²) < 4.78 is 5.41. The lowest BCUT2D eigenvalue weighted by Gasteiger charge is -2.09. The van der Waals surface area contributed by atoms with E-state index in [4.69, 9.17) is 4.74 Å². The molecule has 1 atom stereocenters. The molecule has 20 heavy (non-hydrogen) atoms. The molecule has 0 spiro atoms. The van der Waals surface area contributed by atoms with E-state index in [-0.39, 0.29) is 0 Å². The molecule has 1 N–H and O–H groups in total. The fraction of sp³-hybridized carbons (Fsp3) is 0.500. The van der Waals surface area contributed by atoms with Crippen molar-refractivity contribution in [3.63, 3.8) is 0 Å². The average molecular weight is 290 g/mol. The molecule has 1 aliphatic rings. The molecule has 6 heteroatoms. The van der Waals surface area contributed by atoms with Gasteiger partial charge in [-0.25, -0.2) is 15.0 Å². The van der Waals surface area contributed by atoms with Crippen LogP contribution in [0.1, 0.15) is 33.6 Å². The normalized spacial score (nSPS) is 18.4. The molecule has 1 fully saturated rings. The lowest BCUT2D eigenvalue weighted by Crippen LogP contribution is -2.05. The van der Waals surface area contributed by atoms with Crippen molar-refractivity contribution in [3.05, 3.63) is 33.7 Å². The first-order valence-electron chi connectivity index (χ1n) is 6.79. The van der Waals surface area contributed by atoms with E-state index in [1.807, 2.05) is 13.0 Å². The molecular formula is C14H18N4OS. The second-order valence-electron chi connectivity index (χ2n) is 4.99. The van der Waals surface area contributed by atoms with Gasteiger partial charge in [0.2, 0.25) is 0 Å². The third-order valence-corrected chi connectivity index (χ3v) is 4.60. The van der Waals surface area contributed by atoms with Crippen LogP contribution in [-0.4, -0.2) is 28.2 Å². The number of nitrogens with zero attached hydrogens (tertiary/aromatic N) is 3. The zero-order chi connectivity index (χ0) is 13.9. The number of nitrogens with one attached hydrogen (secondary N) is 1. The Bertz CT molecular complexity index is 573. The molecule has 1 saturated heterocycles. The first-order chi connectivity index (χ1) is 9.72. The Labute approximate surface area is 122 Å². The summed E-state index contributed by atoms with van der Waals surface area (Å²) in [5, 5.41) is 4.41. The molecule has 0 saturated carbocycles. The van der Waals surface area contributed by atoms with Gasteiger partial charge in [-0.2, -0.15) is 0 Å². The second-order valence-corrected chi connectivity index (χ2v) is 6.28. The summed E-state index contributed by atoms with van der Waals surface area (Å²) in [6.07, 6.45) is 2.66. The highest BCUT2D eigenvalue weighted by molar-refractivity contribution is 7.11. The van der Waals surface area contributed by atoms with Gasteiger partial charge in [0.1, 0.15) is 17.2 Å². The molecule has 2 aromatic heterocycles. The zero-order valence-electron chi connectivity index (χ0n) is 11.7. The minimum atomic E-state index is 0.405. The molecule has 1 unspecified atom stereocenters. The standard InChI is InChI=1S/C14H18N4OS/c1-9-10(2)20-14(18-9)6-15-13-5-12(16-8-17-13)11-3-4-19-7-11/h5,8,11H,3-4,6-7H2,1-2H3,(H,15,16,17). The molecule has 0 aromatic carbocycles. The largest absolute Gasteiger partial charge is 0.381 e. The van der Waals surface area contributed by atoms with Gasteiger partial charge in [0.15, 0.2) is 0 Å². The topological polar surface area (TPSA) is 59.9 Å². The van der Waals surface area contributed by atoms with E-state index in [0.717, 1.165) is 41.8 Å². The van der Waals surface area contributed by atoms with E-state index >= 15 is 0 Å². The van der Waals surface area contributed by atoms with Crippen LogP contribution in [0.2, 0.25) is 0 Å². The maximum atomic E-state index is 5.41. The monoisotopic (exact) mass is 290 g/mol. The fourth-order valence-corrected chi connectivity index (χ4v) is 3.11. The number of hydrogen-bond donors (Lipinski definition) is 1. The highest BCUT2D eigenvalue weighted by Gasteiger charge is 2.19. The first kappa shape index (κ1) is 13.5. The quantitative estimate of drug-likeness (QED) is 0.938. The Kier molecular flexibility index (Phi) is 3.93. The predicted molar refractivity (Wildman–Crippen MR) is 79.1 cm³/mol. The molecule has 5 nitrogen and oxygen atoms in total. The van der Waals surface area contributed by atoms with Crippen molar-refractivity contribution >= 4 is 17.2 Å². The first-order valence-corrected chi connectivity index (χ1v) is 7.60. The minimum Gasteiger partial charge on any atom is -0.381 e. The SMILES string of the molecule is Cc1nc(CNc2cc(C3CCOC3)ncn2)sc1C. The average Bonchev–Trinajstić information content (AvgIpc) is 3.08. The third-order valence-electron chi connectivity index (χ3n) is 3.53. The van der Waals surface area contributed by atoms with Gasteiger partial charge in [0.25, 0.3) is 0 Å². The van der Waals surface area contributed by atoms with Crippen molar-refractivity contribution in [2.24, 2.45) is 0 Å². The van der Waals surface area contributed by atoms with Gasteiger partial charge in [-0.3, -0.25) is 0 Å². The van der Waals surface area contributed by atoms with Crippen LogP contribution in [0.3, 0.4) is 0 Å². The Morgan fingerprint density at radius 3 is 3.00 bits per heavy atom. The number of thiazole rings is 1. The summed E-state index contributed by atoms with van der Waals surface area (Å²) >= 11 is 1.73. The Morgan fingerprint density at radius 1 is 1.40 bits per heavy atom. The third kappa shape index (κ3) is 2.96. The molecule has 3 heterocycles. The molecule has 0 radical (unpaired) electrons. The molecule has 2 aromatic rings. The summed E-state index contributed by atoms with van der Waals surface area (Å²) in [6, 6.07) is 2.02. The maximum absolute atomic E-state index is 5.41. The Morgan fingerprint density at radius 2 is 2.30 bits per heavy atom. The van der Waals surface area contributed by atoms with E-state index in [1.165, 1.54) is 4.88 Å². The second kappa shape index (κ2) is 5.85. The van der Waals surface area contributed by atoms with Crippen LogP contribution < -0.4 is 5.32 Å². The van der Waals surface area contributed by atoms with E-state index in [2.05, 4.69) is 27.2 Å². The van der Waals surface area contributed by atoms with Crippen molar-refractivity contribution in [1.29, 1.82) is 0 Å². The van der Waals surface area contributed by atoms with Crippen LogP contribution in [0.15, 0.2) is 12.4 Å². The van der Waals surface area contributed by atoms with E-state index in [0.29, 0.717) is 12.5 Å². The summed E-state index contributed by atoms with van der Waals surface area (Å²) in [5.74, 6) is 1.26. The van der Waals surface area contributed by atoms with Crippen molar-refractivity contribution in [1.82, 2.24) is 15.0 Å². The number of hydrogen-bond acceptors (Lipinski definition) is 6. The smallest absolute Gasteiger partial charge is 0.129 e. The van der Waals surface area contributed by atoms with Gasteiger partial charge in [-0.05, 0) is 20.3 Å². The molecular weight excluding hydrogens is 272 g/mol. The zero-order valence-corrected chi connectivity index (χ0v) is 12.5. The van der Waals surface area contributed by atoms with Crippen molar-refractivity contribution in [3.8, 4) is 0 Å². The van der Waals surface area contributed by atoms with E-state index in [9.17, 15) is 0 Å². The summed E-state index contributed by atoms with van der Waals surface area (Å²) in [4.78, 5) is 14.4. The minimum absolute atomic E-state index is 0.405. The van der Waals surface area contributed by atoms with Gasteiger partial charge in [-0.15, -0.1) is 11.3 Å². The van der Waals surface area contributed by atoms with Gasteiger partial charge < -0.3 is 10.1 Å². The number of aromatic nitrogens is 3. The molecule has 106 valence electrons. The van der Waals surface area contributed by atoms with Gasteiger partial charge in [0, 0.05) is 23.5 Å².